The average Bonchev–Trinajstić information content (AvgIpc) is 2.90. The first-order valence-corrected chi connectivity index (χ1v) is 14.3. The number of rotatable bonds is 11. The maximum absolute atomic E-state index is 13.9. The molecule has 1 atom stereocenters. The van der Waals surface area contributed by atoms with Crippen molar-refractivity contribution in [2.24, 2.45) is 0 Å². The van der Waals surface area contributed by atoms with E-state index >= 15 is 0 Å². The molecule has 0 aromatic heterocycles. The van der Waals surface area contributed by atoms with Gasteiger partial charge in [0.2, 0.25) is 11.8 Å². The summed E-state index contributed by atoms with van der Waals surface area (Å²) in [7, 11) is -2.69. The van der Waals surface area contributed by atoms with Crippen LogP contribution in [-0.4, -0.2) is 50.9 Å². The molecule has 208 valence electrons. The molecule has 10 heteroatoms. The largest absolute Gasteiger partial charge is 0.497 e. The van der Waals surface area contributed by atoms with Crippen molar-refractivity contribution in [3.05, 3.63) is 88.9 Å². The van der Waals surface area contributed by atoms with Crippen molar-refractivity contribution in [2.75, 3.05) is 18.0 Å². The Morgan fingerprint density at radius 2 is 1.64 bits per heavy atom. The third-order valence-electron chi connectivity index (χ3n) is 6.13. The Morgan fingerprint density at radius 3 is 2.26 bits per heavy atom. The van der Waals surface area contributed by atoms with Gasteiger partial charge in [-0.2, -0.15) is 0 Å². The fraction of sp³-hybridized carbons (Fsp3) is 0.310. The monoisotopic (exact) mass is 571 g/mol. The van der Waals surface area contributed by atoms with E-state index in [1.807, 2.05) is 20.8 Å². The Hall–Kier alpha value is -3.56. The summed E-state index contributed by atoms with van der Waals surface area (Å²) in [6.07, 6.45) is 0. The van der Waals surface area contributed by atoms with Crippen LogP contribution >= 0.6 is 11.6 Å². The number of sulfonamides is 1. The maximum atomic E-state index is 13.9. The normalized spacial score (nSPS) is 12.1. The fourth-order valence-corrected chi connectivity index (χ4v) is 5.53. The summed E-state index contributed by atoms with van der Waals surface area (Å²) in [5, 5.41) is 3.26. The number of halogens is 1. The Balaban J connectivity index is 2.06. The third-order valence-corrected chi connectivity index (χ3v) is 8.28. The number of carbonyl (C=O) groups is 2. The van der Waals surface area contributed by atoms with Crippen LogP contribution in [0.4, 0.5) is 5.69 Å². The summed E-state index contributed by atoms with van der Waals surface area (Å²) < 4.78 is 34.1. The molecular formula is C29H34ClN3O5S. The number of hydrogen-bond donors (Lipinski definition) is 1. The van der Waals surface area contributed by atoms with Crippen molar-refractivity contribution in [3.63, 3.8) is 0 Å². The van der Waals surface area contributed by atoms with Gasteiger partial charge in [-0.3, -0.25) is 13.9 Å². The van der Waals surface area contributed by atoms with Gasteiger partial charge in [0, 0.05) is 23.7 Å². The molecule has 0 saturated heterocycles. The van der Waals surface area contributed by atoms with Crippen LogP contribution in [0.1, 0.15) is 31.9 Å². The van der Waals surface area contributed by atoms with Gasteiger partial charge in [-0.15, -0.1) is 0 Å². The number of nitrogens with one attached hydrogen (secondary N) is 1. The quantitative estimate of drug-likeness (QED) is 0.357. The number of methoxy groups -OCH3 is 1. The van der Waals surface area contributed by atoms with Crippen LogP contribution in [0.25, 0.3) is 0 Å². The standard InChI is InChI=1S/C29H34ClN3O5S/c1-20(2)31-29(35)22(4)32(18-23-9-6-7-12-27(23)30)28(34)19-33(24-10-8-11-25(17-24)38-5)39(36,37)26-15-13-21(3)14-16-26/h6-17,20,22H,18-19H2,1-5H3,(H,31,35)/t22-/m0/s1. The van der Waals surface area contributed by atoms with Crippen LogP contribution < -0.4 is 14.4 Å². The van der Waals surface area contributed by atoms with Gasteiger partial charge >= 0.3 is 0 Å². The molecule has 0 bridgehead atoms. The summed E-state index contributed by atoms with van der Waals surface area (Å²) in [4.78, 5) is 28.3. The molecule has 2 amide bonds. The second kappa shape index (κ2) is 13.0. The van der Waals surface area contributed by atoms with Gasteiger partial charge in [0.05, 0.1) is 17.7 Å². The van der Waals surface area contributed by atoms with Crippen molar-refractivity contribution < 1.29 is 22.7 Å². The first-order valence-electron chi connectivity index (χ1n) is 12.5. The molecule has 0 saturated carbocycles. The SMILES string of the molecule is COc1cccc(N(CC(=O)N(Cc2ccccc2Cl)[C@@H](C)C(=O)NC(C)C)S(=O)(=O)c2ccc(C)cc2)c1. The van der Waals surface area contributed by atoms with Gasteiger partial charge in [-0.1, -0.05) is 53.6 Å². The van der Waals surface area contributed by atoms with Crippen LogP contribution in [0, 0.1) is 6.92 Å². The van der Waals surface area contributed by atoms with Crippen molar-refractivity contribution in [1.82, 2.24) is 10.2 Å². The van der Waals surface area contributed by atoms with Gasteiger partial charge in [0.1, 0.15) is 18.3 Å². The number of carbonyl (C=O) groups excluding carboxylic acids is 2. The molecule has 0 aliphatic heterocycles. The predicted octanol–water partition coefficient (Wildman–Crippen LogP) is 4.79. The Morgan fingerprint density at radius 1 is 0.974 bits per heavy atom. The Bertz CT molecular complexity index is 1410. The first kappa shape index (κ1) is 30.0. The minimum Gasteiger partial charge on any atom is -0.497 e. The number of amides is 2. The molecule has 0 spiro atoms. The molecule has 0 heterocycles. The van der Waals surface area contributed by atoms with E-state index in [1.165, 1.54) is 24.1 Å². The van der Waals surface area contributed by atoms with Gasteiger partial charge in [-0.05, 0) is 63.6 Å². The van der Waals surface area contributed by atoms with E-state index in [9.17, 15) is 18.0 Å². The topological polar surface area (TPSA) is 96.0 Å². The molecular weight excluding hydrogens is 538 g/mol. The van der Waals surface area contributed by atoms with E-state index in [1.54, 1.807) is 67.6 Å². The fourth-order valence-electron chi connectivity index (χ4n) is 3.93. The van der Waals surface area contributed by atoms with Crippen LogP contribution in [0.2, 0.25) is 5.02 Å². The summed E-state index contributed by atoms with van der Waals surface area (Å²) in [6, 6.07) is 18.8. The third kappa shape index (κ3) is 7.52. The van der Waals surface area contributed by atoms with Crippen LogP contribution in [0.15, 0.2) is 77.7 Å². The zero-order chi connectivity index (χ0) is 28.7. The van der Waals surface area contributed by atoms with Gasteiger partial charge in [-0.25, -0.2) is 8.42 Å². The number of aryl methyl sites for hydroxylation is 1. The lowest BCUT2D eigenvalue weighted by Gasteiger charge is -2.32. The molecule has 0 aliphatic rings. The number of hydrogen-bond acceptors (Lipinski definition) is 5. The zero-order valence-electron chi connectivity index (χ0n) is 22.7. The van der Waals surface area contributed by atoms with E-state index in [2.05, 4.69) is 5.32 Å². The highest BCUT2D eigenvalue weighted by Crippen LogP contribution is 2.28. The molecule has 3 aromatic rings. The van der Waals surface area contributed by atoms with E-state index < -0.39 is 28.5 Å². The number of benzene rings is 3. The van der Waals surface area contributed by atoms with Crippen molar-refractivity contribution >= 4 is 39.1 Å². The average molecular weight is 572 g/mol. The minimum absolute atomic E-state index is 0.0156. The lowest BCUT2D eigenvalue weighted by molar-refractivity contribution is -0.139. The molecule has 3 rings (SSSR count). The van der Waals surface area contributed by atoms with Crippen molar-refractivity contribution in [2.45, 2.75) is 51.2 Å². The molecule has 0 radical (unpaired) electrons. The zero-order valence-corrected chi connectivity index (χ0v) is 24.3. The minimum atomic E-state index is -4.17. The molecule has 39 heavy (non-hydrogen) atoms. The van der Waals surface area contributed by atoms with Crippen molar-refractivity contribution in [3.8, 4) is 5.75 Å². The molecule has 1 N–H and O–H groups in total. The first-order chi connectivity index (χ1) is 18.4. The molecule has 0 unspecified atom stereocenters. The second-order valence-electron chi connectivity index (χ2n) is 9.48. The van der Waals surface area contributed by atoms with Crippen molar-refractivity contribution in [1.29, 1.82) is 0 Å². The van der Waals surface area contributed by atoms with Gasteiger partial charge in [0.25, 0.3) is 10.0 Å². The van der Waals surface area contributed by atoms with E-state index in [0.29, 0.717) is 16.3 Å². The van der Waals surface area contributed by atoms with Gasteiger partial charge < -0.3 is 15.0 Å². The summed E-state index contributed by atoms with van der Waals surface area (Å²) >= 11 is 6.38. The lowest BCUT2D eigenvalue weighted by Crippen LogP contribution is -2.52. The molecule has 8 nitrogen and oxygen atoms in total. The van der Waals surface area contributed by atoms with Crippen LogP contribution in [0.3, 0.4) is 0 Å². The summed E-state index contributed by atoms with van der Waals surface area (Å²) in [5.41, 5.74) is 1.78. The Labute approximate surface area is 235 Å². The lowest BCUT2D eigenvalue weighted by atomic mass is 10.1. The second-order valence-corrected chi connectivity index (χ2v) is 11.7. The number of nitrogens with zero attached hydrogens (tertiary/aromatic N) is 2. The summed E-state index contributed by atoms with van der Waals surface area (Å²) in [5.74, 6) is -0.499. The van der Waals surface area contributed by atoms with E-state index in [4.69, 9.17) is 16.3 Å². The summed E-state index contributed by atoms with van der Waals surface area (Å²) in [6.45, 7) is 6.58. The number of ether oxygens (including phenoxy) is 1. The highest BCUT2D eigenvalue weighted by molar-refractivity contribution is 7.92. The smallest absolute Gasteiger partial charge is 0.264 e. The van der Waals surface area contributed by atoms with E-state index in [0.717, 1.165) is 9.87 Å². The molecule has 0 fully saturated rings. The number of anilines is 1. The highest BCUT2D eigenvalue weighted by Gasteiger charge is 2.33. The molecule has 3 aromatic carbocycles. The van der Waals surface area contributed by atoms with Crippen LogP contribution in [0.5, 0.6) is 5.75 Å². The van der Waals surface area contributed by atoms with E-state index in [-0.39, 0.29) is 29.1 Å². The predicted molar refractivity (Wildman–Crippen MR) is 153 cm³/mol. The highest BCUT2D eigenvalue weighted by atomic mass is 35.5. The van der Waals surface area contributed by atoms with Crippen LogP contribution in [-0.2, 0) is 26.2 Å². The Kier molecular flexibility index (Phi) is 9.99. The van der Waals surface area contributed by atoms with Gasteiger partial charge in [0.15, 0.2) is 0 Å². The maximum Gasteiger partial charge on any atom is 0.264 e. The molecule has 0 aliphatic carbocycles.